The molecular formula is C24H21N3O4S. The number of nitrogens with one attached hydrogen (secondary N) is 2. The number of carbonyl (C=O) groups excluding carboxylic acids is 1. The molecule has 1 heterocycles. The SMILES string of the molecule is COc1ccc(Cn2c(=S)[nH]c3cc(C(=O)Nc4ccc(OC)cc4)ccc3c2=O)cc1. The number of ether oxygens (including phenoxy) is 2. The van der Waals surface area contributed by atoms with E-state index in [0.717, 1.165) is 11.3 Å². The summed E-state index contributed by atoms with van der Waals surface area (Å²) >= 11 is 5.42. The number of H-pyrrole nitrogens is 1. The fourth-order valence-corrected chi connectivity index (χ4v) is 3.59. The molecule has 2 N–H and O–H groups in total. The lowest BCUT2D eigenvalue weighted by Gasteiger charge is -2.10. The summed E-state index contributed by atoms with van der Waals surface area (Å²) in [5.41, 5.74) is 2.25. The zero-order chi connectivity index (χ0) is 22.7. The number of carbonyl (C=O) groups is 1. The van der Waals surface area contributed by atoms with Crippen molar-refractivity contribution in [3.8, 4) is 11.5 Å². The van der Waals surface area contributed by atoms with Crippen LogP contribution in [0.2, 0.25) is 0 Å². The van der Waals surface area contributed by atoms with Crippen molar-refractivity contribution >= 4 is 34.7 Å². The van der Waals surface area contributed by atoms with E-state index in [1.165, 1.54) is 4.57 Å². The fraction of sp³-hybridized carbons (Fsp3) is 0.125. The number of aromatic amines is 1. The van der Waals surface area contributed by atoms with E-state index in [9.17, 15) is 9.59 Å². The molecule has 8 heteroatoms. The Balaban J connectivity index is 1.61. The first-order valence-electron chi connectivity index (χ1n) is 9.83. The van der Waals surface area contributed by atoms with Crippen LogP contribution in [0.1, 0.15) is 15.9 Å². The Morgan fingerprint density at radius 3 is 2.22 bits per heavy atom. The molecule has 0 aliphatic heterocycles. The Bertz CT molecular complexity index is 1390. The van der Waals surface area contributed by atoms with Crippen LogP contribution in [-0.4, -0.2) is 29.7 Å². The number of hydrogen-bond donors (Lipinski definition) is 2. The average Bonchev–Trinajstić information content (AvgIpc) is 2.82. The Kier molecular flexibility index (Phi) is 6.04. The van der Waals surface area contributed by atoms with E-state index in [4.69, 9.17) is 21.7 Å². The van der Waals surface area contributed by atoms with Crippen molar-refractivity contribution in [2.45, 2.75) is 6.54 Å². The molecule has 0 spiro atoms. The van der Waals surface area contributed by atoms with Gasteiger partial charge in [-0.2, -0.15) is 0 Å². The smallest absolute Gasteiger partial charge is 0.262 e. The molecule has 162 valence electrons. The summed E-state index contributed by atoms with van der Waals surface area (Å²) in [7, 11) is 3.18. The topological polar surface area (TPSA) is 85.3 Å². The molecule has 0 bridgehead atoms. The van der Waals surface area contributed by atoms with Crippen LogP contribution >= 0.6 is 12.2 Å². The summed E-state index contributed by atoms with van der Waals surface area (Å²) in [6, 6.07) is 19.4. The van der Waals surface area contributed by atoms with Crippen molar-refractivity contribution in [3.63, 3.8) is 0 Å². The summed E-state index contributed by atoms with van der Waals surface area (Å²) < 4.78 is 12.1. The molecule has 3 aromatic carbocycles. The Morgan fingerprint density at radius 1 is 0.969 bits per heavy atom. The Hall–Kier alpha value is -3.91. The third kappa shape index (κ3) is 4.40. The van der Waals surface area contributed by atoms with Gasteiger partial charge in [-0.05, 0) is 72.4 Å². The first-order valence-corrected chi connectivity index (χ1v) is 10.2. The number of rotatable bonds is 6. The first kappa shape index (κ1) is 21.3. The lowest BCUT2D eigenvalue weighted by molar-refractivity contribution is 0.102. The van der Waals surface area contributed by atoms with Gasteiger partial charge in [0.05, 0.1) is 31.7 Å². The predicted molar refractivity (Wildman–Crippen MR) is 126 cm³/mol. The third-order valence-corrected chi connectivity index (χ3v) is 5.41. The molecule has 0 radical (unpaired) electrons. The molecule has 1 aromatic heterocycles. The summed E-state index contributed by atoms with van der Waals surface area (Å²) in [6.07, 6.45) is 0. The average molecular weight is 448 g/mol. The van der Waals surface area contributed by atoms with Gasteiger partial charge < -0.3 is 19.8 Å². The first-order chi connectivity index (χ1) is 15.5. The van der Waals surface area contributed by atoms with Crippen molar-refractivity contribution in [2.75, 3.05) is 19.5 Å². The zero-order valence-electron chi connectivity index (χ0n) is 17.5. The largest absolute Gasteiger partial charge is 0.497 e. The van der Waals surface area contributed by atoms with E-state index in [0.29, 0.717) is 34.4 Å². The van der Waals surface area contributed by atoms with Crippen LogP contribution in [0.3, 0.4) is 0 Å². The summed E-state index contributed by atoms with van der Waals surface area (Å²) in [4.78, 5) is 28.8. The highest BCUT2D eigenvalue weighted by Gasteiger charge is 2.11. The maximum absolute atomic E-state index is 13.0. The normalized spacial score (nSPS) is 10.7. The van der Waals surface area contributed by atoms with Gasteiger partial charge in [-0.1, -0.05) is 12.1 Å². The molecule has 1 amide bonds. The third-order valence-electron chi connectivity index (χ3n) is 5.09. The molecule has 4 rings (SSSR count). The van der Waals surface area contributed by atoms with Gasteiger partial charge >= 0.3 is 0 Å². The van der Waals surface area contributed by atoms with Gasteiger partial charge in [0, 0.05) is 11.3 Å². The quantitative estimate of drug-likeness (QED) is 0.429. The minimum atomic E-state index is -0.293. The number of hydrogen-bond acceptors (Lipinski definition) is 5. The van der Waals surface area contributed by atoms with Crippen LogP contribution in [0, 0.1) is 4.77 Å². The van der Waals surface area contributed by atoms with Crippen LogP contribution in [0.15, 0.2) is 71.5 Å². The van der Waals surface area contributed by atoms with Crippen molar-refractivity contribution in [2.24, 2.45) is 0 Å². The number of benzene rings is 3. The molecular weight excluding hydrogens is 426 g/mol. The number of aromatic nitrogens is 2. The monoisotopic (exact) mass is 447 g/mol. The summed E-state index contributed by atoms with van der Waals surface area (Å²) in [6.45, 7) is 0.327. The maximum atomic E-state index is 13.0. The van der Waals surface area contributed by atoms with Crippen LogP contribution in [0.5, 0.6) is 11.5 Å². The van der Waals surface area contributed by atoms with Crippen molar-refractivity contribution in [3.05, 3.63) is 93.0 Å². The van der Waals surface area contributed by atoms with Gasteiger partial charge in [-0.25, -0.2) is 0 Å². The van der Waals surface area contributed by atoms with Crippen LogP contribution < -0.4 is 20.3 Å². The molecule has 7 nitrogen and oxygen atoms in total. The van der Waals surface area contributed by atoms with Gasteiger partial charge in [0.1, 0.15) is 11.5 Å². The van der Waals surface area contributed by atoms with Crippen LogP contribution in [0.4, 0.5) is 5.69 Å². The Morgan fingerprint density at radius 2 is 1.59 bits per heavy atom. The molecule has 4 aromatic rings. The van der Waals surface area contributed by atoms with Crippen LogP contribution in [0.25, 0.3) is 10.9 Å². The Labute approximate surface area is 189 Å². The lowest BCUT2D eigenvalue weighted by Crippen LogP contribution is -2.23. The van der Waals surface area contributed by atoms with E-state index in [1.807, 2.05) is 24.3 Å². The minimum absolute atomic E-state index is 0.221. The molecule has 32 heavy (non-hydrogen) atoms. The molecule has 0 aliphatic rings. The van der Waals surface area contributed by atoms with E-state index >= 15 is 0 Å². The second-order valence-electron chi connectivity index (χ2n) is 7.11. The van der Waals surface area contributed by atoms with Crippen molar-refractivity contribution in [1.29, 1.82) is 0 Å². The number of nitrogens with zero attached hydrogens (tertiary/aromatic N) is 1. The van der Waals surface area contributed by atoms with E-state index in [1.54, 1.807) is 56.7 Å². The van der Waals surface area contributed by atoms with Crippen molar-refractivity contribution in [1.82, 2.24) is 9.55 Å². The number of amides is 1. The molecule has 0 unspecified atom stereocenters. The second kappa shape index (κ2) is 9.07. The van der Waals surface area contributed by atoms with E-state index in [-0.39, 0.29) is 16.2 Å². The zero-order valence-corrected chi connectivity index (χ0v) is 18.4. The van der Waals surface area contributed by atoms with E-state index in [2.05, 4.69) is 10.3 Å². The summed E-state index contributed by atoms with van der Waals surface area (Å²) in [5, 5.41) is 3.28. The highest BCUT2D eigenvalue weighted by molar-refractivity contribution is 7.71. The van der Waals surface area contributed by atoms with Gasteiger partial charge in [-0.3, -0.25) is 14.2 Å². The number of fused-ring (bicyclic) bond motifs is 1. The lowest BCUT2D eigenvalue weighted by atomic mass is 10.1. The van der Waals surface area contributed by atoms with Gasteiger partial charge in [0.25, 0.3) is 11.5 Å². The summed E-state index contributed by atoms with van der Waals surface area (Å²) in [5.74, 6) is 1.15. The second-order valence-corrected chi connectivity index (χ2v) is 7.50. The molecule has 0 aliphatic carbocycles. The highest BCUT2D eigenvalue weighted by Crippen LogP contribution is 2.18. The predicted octanol–water partition coefficient (Wildman–Crippen LogP) is 4.38. The van der Waals surface area contributed by atoms with Gasteiger partial charge in [0.2, 0.25) is 0 Å². The molecule has 0 fully saturated rings. The maximum Gasteiger partial charge on any atom is 0.262 e. The van der Waals surface area contributed by atoms with E-state index < -0.39 is 0 Å². The molecule has 0 saturated heterocycles. The molecule has 0 atom stereocenters. The fourth-order valence-electron chi connectivity index (χ4n) is 3.33. The van der Waals surface area contributed by atoms with Gasteiger partial charge in [-0.15, -0.1) is 0 Å². The van der Waals surface area contributed by atoms with Crippen molar-refractivity contribution < 1.29 is 14.3 Å². The number of anilines is 1. The van der Waals surface area contributed by atoms with Crippen LogP contribution in [-0.2, 0) is 6.54 Å². The minimum Gasteiger partial charge on any atom is -0.497 e. The highest BCUT2D eigenvalue weighted by atomic mass is 32.1. The standard InChI is InChI=1S/C24H21N3O4S/c1-30-18-8-3-15(4-9-18)14-27-23(29)20-12-5-16(13-21(20)26-24(27)32)22(28)25-17-6-10-19(31-2)11-7-17/h3-13H,14H2,1-2H3,(H,25,28)(H,26,32). The molecule has 0 saturated carbocycles. The van der Waals surface area contributed by atoms with Gasteiger partial charge in [0.15, 0.2) is 4.77 Å². The number of methoxy groups -OCH3 is 2.